The molecule has 18 heavy (non-hydrogen) atoms. The summed E-state index contributed by atoms with van der Waals surface area (Å²) in [6.45, 7) is 3.43. The summed E-state index contributed by atoms with van der Waals surface area (Å²) in [4.78, 5) is 4.48. The van der Waals surface area contributed by atoms with Crippen molar-refractivity contribution in [1.82, 2.24) is 0 Å². The van der Waals surface area contributed by atoms with Crippen LogP contribution in [0.1, 0.15) is 18.9 Å². The van der Waals surface area contributed by atoms with Gasteiger partial charge in [0.05, 0.1) is 12.7 Å². The third-order valence-corrected chi connectivity index (χ3v) is 2.72. The van der Waals surface area contributed by atoms with E-state index in [9.17, 15) is 0 Å². The van der Waals surface area contributed by atoms with Crippen molar-refractivity contribution in [2.75, 3.05) is 19.8 Å². The topological polar surface area (TPSA) is 51.0 Å². The van der Waals surface area contributed by atoms with Crippen LogP contribution in [0.3, 0.4) is 0 Å². The highest BCUT2D eigenvalue weighted by atomic mass is 16.5. The van der Waals surface area contributed by atoms with Crippen LogP contribution in [0.2, 0.25) is 0 Å². The van der Waals surface area contributed by atoms with E-state index in [0.29, 0.717) is 32.1 Å². The van der Waals surface area contributed by atoms with Crippen molar-refractivity contribution in [1.29, 1.82) is 0 Å². The van der Waals surface area contributed by atoms with Gasteiger partial charge in [0.2, 0.25) is 5.90 Å². The predicted molar refractivity (Wildman–Crippen MR) is 69.8 cm³/mol. The Balaban J connectivity index is 1.78. The standard InChI is InChI=1S/C14H19NO3/c1-11(16)7-8-17-9-13-10-18-14(15-13)12-5-3-2-4-6-12/h2-6,11,13,16H,7-10H2,1H3/t11-,13+/m1/s1. The predicted octanol–water partition coefficient (Wildman–Crippen LogP) is 1.62. The molecule has 0 radical (unpaired) electrons. The summed E-state index contributed by atoms with van der Waals surface area (Å²) >= 11 is 0. The molecule has 0 unspecified atom stereocenters. The first-order valence-electron chi connectivity index (χ1n) is 6.27. The van der Waals surface area contributed by atoms with Crippen molar-refractivity contribution in [2.45, 2.75) is 25.5 Å². The maximum absolute atomic E-state index is 9.10. The van der Waals surface area contributed by atoms with E-state index >= 15 is 0 Å². The van der Waals surface area contributed by atoms with Crippen LogP contribution in [-0.2, 0) is 9.47 Å². The average Bonchev–Trinajstić information content (AvgIpc) is 2.84. The molecule has 0 spiro atoms. The molecule has 4 heteroatoms. The van der Waals surface area contributed by atoms with Crippen LogP contribution < -0.4 is 0 Å². The van der Waals surface area contributed by atoms with Crippen LogP contribution in [0.25, 0.3) is 0 Å². The van der Waals surface area contributed by atoms with E-state index in [4.69, 9.17) is 14.6 Å². The van der Waals surface area contributed by atoms with Crippen LogP contribution in [0, 0.1) is 0 Å². The molecular formula is C14H19NO3. The van der Waals surface area contributed by atoms with Crippen molar-refractivity contribution in [2.24, 2.45) is 4.99 Å². The molecular weight excluding hydrogens is 230 g/mol. The van der Waals surface area contributed by atoms with E-state index in [-0.39, 0.29) is 12.1 Å². The second-order valence-corrected chi connectivity index (χ2v) is 4.48. The van der Waals surface area contributed by atoms with Gasteiger partial charge in [0.15, 0.2) is 0 Å². The van der Waals surface area contributed by atoms with Gasteiger partial charge in [-0.3, -0.25) is 0 Å². The van der Waals surface area contributed by atoms with Crippen molar-refractivity contribution in [3.05, 3.63) is 35.9 Å². The van der Waals surface area contributed by atoms with Crippen molar-refractivity contribution < 1.29 is 14.6 Å². The second-order valence-electron chi connectivity index (χ2n) is 4.48. The Labute approximate surface area is 107 Å². The summed E-state index contributed by atoms with van der Waals surface area (Å²) in [6.07, 6.45) is 0.344. The summed E-state index contributed by atoms with van der Waals surface area (Å²) in [5, 5.41) is 9.10. The van der Waals surface area contributed by atoms with Gasteiger partial charge in [-0.1, -0.05) is 18.2 Å². The molecule has 0 aliphatic carbocycles. The van der Waals surface area contributed by atoms with E-state index in [2.05, 4.69) is 4.99 Å². The molecule has 0 fully saturated rings. The van der Waals surface area contributed by atoms with Crippen LogP contribution in [0.5, 0.6) is 0 Å². The molecule has 98 valence electrons. The number of benzene rings is 1. The third kappa shape index (κ3) is 3.82. The molecule has 2 atom stereocenters. The highest BCUT2D eigenvalue weighted by Crippen LogP contribution is 2.12. The number of hydrogen-bond acceptors (Lipinski definition) is 4. The van der Waals surface area contributed by atoms with Crippen molar-refractivity contribution >= 4 is 5.90 Å². The molecule has 1 aromatic rings. The SMILES string of the molecule is C[C@@H](O)CCOC[C@H]1COC(c2ccccc2)=N1. The molecule has 0 bridgehead atoms. The maximum Gasteiger partial charge on any atom is 0.216 e. The Morgan fingerprint density at radius 3 is 2.94 bits per heavy atom. The first kappa shape index (κ1) is 13.1. The van der Waals surface area contributed by atoms with Gasteiger partial charge in [-0.2, -0.15) is 0 Å². The van der Waals surface area contributed by atoms with Gasteiger partial charge in [-0.05, 0) is 25.5 Å². The van der Waals surface area contributed by atoms with E-state index in [1.165, 1.54) is 0 Å². The van der Waals surface area contributed by atoms with Gasteiger partial charge < -0.3 is 14.6 Å². The highest BCUT2D eigenvalue weighted by Gasteiger charge is 2.19. The van der Waals surface area contributed by atoms with E-state index in [1.807, 2.05) is 30.3 Å². The Bertz CT molecular complexity index is 389. The minimum Gasteiger partial charge on any atom is -0.475 e. The quantitative estimate of drug-likeness (QED) is 0.779. The van der Waals surface area contributed by atoms with Gasteiger partial charge >= 0.3 is 0 Å². The van der Waals surface area contributed by atoms with E-state index in [0.717, 1.165) is 5.56 Å². The molecule has 1 aromatic carbocycles. The number of nitrogens with zero attached hydrogens (tertiary/aromatic N) is 1. The summed E-state index contributed by atoms with van der Waals surface area (Å²) in [7, 11) is 0. The summed E-state index contributed by atoms with van der Waals surface area (Å²) in [5.74, 6) is 0.694. The van der Waals surface area contributed by atoms with Crippen molar-refractivity contribution in [3.8, 4) is 0 Å². The highest BCUT2D eigenvalue weighted by molar-refractivity contribution is 5.95. The number of aliphatic imine (C=N–C) groups is 1. The lowest BCUT2D eigenvalue weighted by molar-refractivity contribution is 0.0777. The minimum atomic E-state index is -0.312. The zero-order valence-corrected chi connectivity index (χ0v) is 10.6. The zero-order chi connectivity index (χ0) is 12.8. The maximum atomic E-state index is 9.10. The Hall–Kier alpha value is -1.39. The lowest BCUT2D eigenvalue weighted by Gasteiger charge is -2.07. The first-order chi connectivity index (χ1) is 8.75. The second kappa shape index (κ2) is 6.52. The Kier molecular flexibility index (Phi) is 4.73. The first-order valence-corrected chi connectivity index (χ1v) is 6.27. The smallest absolute Gasteiger partial charge is 0.216 e. The fourth-order valence-electron chi connectivity index (χ4n) is 1.71. The molecule has 0 saturated heterocycles. The largest absolute Gasteiger partial charge is 0.475 e. The molecule has 0 aromatic heterocycles. The molecule has 1 N–H and O–H groups in total. The minimum absolute atomic E-state index is 0.0641. The lowest BCUT2D eigenvalue weighted by Crippen LogP contribution is -2.16. The molecule has 0 amide bonds. The van der Waals surface area contributed by atoms with Gasteiger partial charge in [-0.15, -0.1) is 0 Å². The van der Waals surface area contributed by atoms with Gasteiger partial charge in [0, 0.05) is 12.2 Å². The molecule has 1 aliphatic heterocycles. The average molecular weight is 249 g/mol. The summed E-state index contributed by atoms with van der Waals surface area (Å²) in [5.41, 5.74) is 1.00. The number of aliphatic hydroxyl groups is 1. The summed E-state index contributed by atoms with van der Waals surface area (Å²) in [6, 6.07) is 9.93. The Morgan fingerprint density at radius 2 is 2.22 bits per heavy atom. The molecule has 4 nitrogen and oxygen atoms in total. The van der Waals surface area contributed by atoms with Gasteiger partial charge in [0.1, 0.15) is 12.6 Å². The van der Waals surface area contributed by atoms with Crippen LogP contribution in [-0.4, -0.2) is 43.0 Å². The fourth-order valence-corrected chi connectivity index (χ4v) is 1.71. The number of aliphatic hydroxyl groups excluding tert-OH is 1. The monoisotopic (exact) mass is 249 g/mol. The number of ether oxygens (including phenoxy) is 2. The van der Waals surface area contributed by atoms with E-state index < -0.39 is 0 Å². The molecule has 1 heterocycles. The normalized spacial score (nSPS) is 20.3. The zero-order valence-electron chi connectivity index (χ0n) is 10.6. The van der Waals surface area contributed by atoms with Crippen LogP contribution >= 0.6 is 0 Å². The molecule has 2 rings (SSSR count). The van der Waals surface area contributed by atoms with Gasteiger partial charge in [0.25, 0.3) is 0 Å². The number of rotatable bonds is 6. The summed E-state index contributed by atoms with van der Waals surface area (Å²) < 4.78 is 11.0. The van der Waals surface area contributed by atoms with Crippen LogP contribution in [0.15, 0.2) is 35.3 Å². The molecule has 1 aliphatic rings. The number of hydrogen-bond donors (Lipinski definition) is 1. The fraction of sp³-hybridized carbons (Fsp3) is 0.500. The van der Waals surface area contributed by atoms with E-state index in [1.54, 1.807) is 6.92 Å². The van der Waals surface area contributed by atoms with Crippen molar-refractivity contribution in [3.63, 3.8) is 0 Å². The Morgan fingerprint density at radius 1 is 1.44 bits per heavy atom. The molecule has 0 saturated carbocycles. The van der Waals surface area contributed by atoms with Gasteiger partial charge in [-0.25, -0.2) is 4.99 Å². The third-order valence-electron chi connectivity index (χ3n) is 2.72. The van der Waals surface area contributed by atoms with Crippen LogP contribution in [0.4, 0.5) is 0 Å². The lowest BCUT2D eigenvalue weighted by atomic mass is 10.2.